The Hall–Kier alpha value is -1.13. The summed E-state index contributed by atoms with van der Waals surface area (Å²) >= 11 is 0. The van der Waals surface area contributed by atoms with Crippen molar-refractivity contribution in [3.8, 4) is 5.75 Å². The molecule has 1 saturated heterocycles. The van der Waals surface area contributed by atoms with Crippen LogP contribution in [0.2, 0.25) is 0 Å². The van der Waals surface area contributed by atoms with Crippen LogP contribution >= 0.6 is 0 Å². The van der Waals surface area contributed by atoms with Gasteiger partial charge in [0.25, 0.3) is 0 Å². The monoisotopic (exact) mass is 251 g/mol. The van der Waals surface area contributed by atoms with Gasteiger partial charge in [-0.25, -0.2) is 4.39 Å². The number of fused-ring (bicyclic) bond motifs is 1. The lowest BCUT2D eigenvalue weighted by molar-refractivity contribution is 0.107. The van der Waals surface area contributed by atoms with Gasteiger partial charge < -0.3 is 14.8 Å². The summed E-state index contributed by atoms with van der Waals surface area (Å²) in [4.78, 5) is 0. The molecule has 18 heavy (non-hydrogen) atoms. The first-order chi connectivity index (χ1) is 8.81. The molecule has 4 heteroatoms. The Kier molecular flexibility index (Phi) is 3.48. The molecule has 0 radical (unpaired) electrons. The Morgan fingerprint density at radius 1 is 1.28 bits per heavy atom. The molecule has 0 amide bonds. The minimum atomic E-state index is -0.190. The smallest absolute Gasteiger partial charge is 0.123 e. The molecule has 2 heterocycles. The van der Waals surface area contributed by atoms with Crippen molar-refractivity contribution in [1.29, 1.82) is 0 Å². The van der Waals surface area contributed by atoms with Crippen LogP contribution in [0.3, 0.4) is 0 Å². The van der Waals surface area contributed by atoms with Gasteiger partial charge in [-0.15, -0.1) is 0 Å². The maximum Gasteiger partial charge on any atom is 0.123 e. The molecule has 0 bridgehead atoms. The van der Waals surface area contributed by atoms with Crippen LogP contribution in [-0.4, -0.2) is 31.9 Å². The highest BCUT2D eigenvalue weighted by Gasteiger charge is 2.23. The van der Waals surface area contributed by atoms with Gasteiger partial charge in [0.15, 0.2) is 0 Å². The largest absolute Gasteiger partial charge is 0.488 e. The molecule has 0 spiro atoms. The number of hydrogen-bond donors (Lipinski definition) is 1. The van der Waals surface area contributed by atoms with Crippen molar-refractivity contribution in [3.63, 3.8) is 0 Å². The number of nitrogens with one attached hydrogen (secondary N) is 1. The van der Waals surface area contributed by atoms with E-state index >= 15 is 0 Å². The zero-order valence-corrected chi connectivity index (χ0v) is 10.3. The molecule has 2 aliphatic rings. The van der Waals surface area contributed by atoms with Crippen LogP contribution in [0, 0.1) is 5.82 Å². The molecular weight excluding hydrogens is 233 g/mol. The maximum atomic E-state index is 13.1. The van der Waals surface area contributed by atoms with Gasteiger partial charge in [-0.05, 0) is 31.0 Å². The third-order valence-electron chi connectivity index (χ3n) is 3.53. The quantitative estimate of drug-likeness (QED) is 0.886. The Bertz CT molecular complexity index is 418. The molecule has 0 aromatic heterocycles. The molecule has 98 valence electrons. The fraction of sp³-hybridized carbons (Fsp3) is 0.571. The van der Waals surface area contributed by atoms with Crippen molar-refractivity contribution in [2.75, 3.05) is 19.7 Å². The maximum absolute atomic E-state index is 13.1. The van der Waals surface area contributed by atoms with E-state index in [1.807, 2.05) is 0 Å². The lowest BCUT2D eigenvalue weighted by Crippen LogP contribution is -2.34. The molecule has 2 unspecified atom stereocenters. The van der Waals surface area contributed by atoms with Crippen molar-refractivity contribution in [2.45, 2.75) is 31.5 Å². The normalized spacial score (nSPS) is 26.1. The highest BCUT2D eigenvalue weighted by molar-refractivity contribution is 5.37. The third kappa shape index (κ3) is 2.65. The third-order valence-corrected chi connectivity index (χ3v) is 3.53. The molecule has 1 aromatic rings. The van der Waals surface area contributed by atoms with E-state index in [1.54, 1.807) is 12.1 Å². The van der Waals surface area contributed by atoms with Gasteiger partial charge in [-0.3, -0.25) is 0 Å². The Labute approximate surface area is 106 Å². The second-order valence-corrected chi connectivity index (χ2v) is 4.99. The Balaban J connectivity index is 1.46. The molecule has 0 saturated carbocycles. The first-order valence-corrected chi connectivity index (χ1v) is 6.58. The van der Waals surface area contributed by atoms with Crippen molar-refractivity contribution in [2.24, 2.45) is 0 Å². The molecule has 3 rings (SSSR count). The minimum Gasteiger partial charge on any atom is -0.488 e. The zero-order valence-electron chi connectivity index (χ0n) is 10.3. The summed E-state index contributed by atoms with van der Waals surface area (Å²) in [6.45, 7) is 2.55. The van der Waals surface area contributed by atoms with E-state index in [1.165, 1.54) is 6.07 Å². The summed E-state index contributed by atoms with van der Waals surface area (Å²) in [7, 11) is 0. The van der Waals surface area contributed by atoms with E-state index in [9.17, 15) is 4.39 Å². The van der Waals surface area contributed by atoms with Gasteiger partial charge in [0.2, 0.25) is 0 Å². The summed E-state index contributed by atoms with van der Waals surface area (Å²) in [5, 5.41) is 3.37. The van der Waals surface area contributed by atoms with E-state index in [2.05, 4.69) is 5.32 Å². The average molecular weight is 251 g/mol. The van der Waals surface area contributed by atoms with E-state index in [4.69, 9.17) is 9.47 Å². The first-order valence-electron chi connectivity index (χ1n) is 6.58. The van der Waals surface area contributed by atoms with Crippen molar-refractivity contribution < 1.29 is 13.9 Å². The van der Waals surface area contributed by atoms with Gasteiger partial charge in [0.05, 0.1) is 6.10 Å². The molecule has 2 atom stereocenters. The number of hydrogen-bond acceptors (Lipinski definition) is 3. The van der Waals surface area contributed by atoms with E-state index in [0.717, 1.165) is 50.3 Å². The minimum absolute atomic E-state index is 0.114. The number of benzene rings is 1. The summed E-state index contributed by atoms with van der Waals surface area (Å²) in [6, 6.07) is 4.72. The summed E-state index contributed by atoms with van der Waals surface area (Å²) < 4.78 is 24.4. The highest BCUT2D eigenvalue weighted by Crippen LogP contribution is 2.28. The fourth-order valence-corrected chi connectivity index (χ4v) is 2.61. The van der Waals surface area contributed by atoms with Crippen molar-refractivity contribution in [3.05, 3.63) is 29.6 Å². The van der Waals surface area contributed by atoms with E-state index in [-0.39, 0.29) is 11.9 Å². The van der Waals surface area contributed by atoms with Crippen LogP contribution in [0.15, 0.2) is 18.2 Å². The van der Waals surface area contributed by atoms with Crippen molar-refractivity contribution in [1.82, 2.24) is 5.32 Å². The van der Waals surface area contributed by atoms with Gasteiger partial charge >= 0.3 is 0 Å². The van der Waals surface area contributed by atoms with Crippen LogP contribution in [0.1, 0.15) is 18.4 Å². The number of rotatable bonds is 4. The van der Waals surface area contributed by atoms with Crippen molar-refractivity contribution >= 4 is 0 Å². The summed E-state index contributed by atoms with van der Waals surface area (Å²) in [5.41, 5.74) is 0.971. The standard InChI is InChI=1S/C14H18FNO2/c15-11-3-4-14-10(6-11)7-13(18-14)9-16-8-12-2-1-5-17-12/h3-4,6,12-13,16H,1-2,5,7-9H2. The molecule has 3 nitrogen and oxygen atoms in total. The predicted molar refractivity (Wildman–Crippen MR) is 66.4 cm³/mol. The number of halogens is 1. The Morgan fingerprint density at radius 3 is 3.00 bits per heavy atom. The van der Waals surface area contributed by atoms with E-state index in [0.29, 0.717) is 6.10 Å². The highest BCUT2D eigenvalue weighted by atomic mass is 19.1. The lowest BCUT2D eigenvalue weighted by atomic mass is 10.1. The molecular formula is C14H18FNO2. The van der Waals surface area contributed by atoms with Crippen LogP contribution < -0.4 is 10.1 Å². The first kappa shape index (κ1) is 11.9. The SMILES string of the molecule is Fc1ccc2c(c1)CC(CNCC1CCCO1)O2. The lowest BCUT2D eigenvalue weighted by Gasteiger charge is -2.14. The van der Waals surface area contributed by atoms with Crippen LogP contribution in [0.5, 0.6) is 5.75 Å². The molecule has 1 aromatic carbocycles. The van der Waals surface area contributed by atoms with Crippen LogP contribution in [-0.2, 0) is 11.2 Å². The van der Waals surface area contributed by atoms with Crippen LogP contribution in [0.25, 0.3) is 0 Å². The Morgan fingerprint density at radius 2 is 2.17 bits per heavy atom. The zero-order chi connectivity index (χ0) is 12.4. The average Bonchev–Trinajstić information content (AvgIpc) is 2.97. The molecule has 2 aliphatic heterocycles. The van der Waals surface area contributed by atoms with Gasteiger partial charge in [0.1, 0.15) is 17.7 Å². The number of ether oxygens (including phenoxy) is 2. The molecule has 1 N–H and O–H groups in total. The van der Waals surface area contributed by atoms with Gasteiger partial charge in [-0.2, -0.15) is 0 Å². The summed E-state index contributed by atoms with van der Waals surface area (Å²) in [5.74, 6) is 0.630. The van der Waals surface area contributed by atoms with Gasteiger partial charge in [0, 0.05) is 31.7 Å². The predicted octanol–water partition coefficient (Wildman–Crippen LogP) is 1.90. The second-order valence-electron chi connectivity index (χ2n) is 4.99. The molecule has 1 fully saturated rings. The van der Waals surface area contributed by atoms with Crippen LogP contribution in [0.4, 0.5) is 4.39 Å². The topological polar surface area (TPSA) is 30.5 Å². The fourth-order valence-electron chi connectivity index (χ4n) is 2.61. The second kappa shape index (κ2) is 5.24. The van der Waals surface area contributed by atoms with Gasteiger partial charge in [-0.1, -0.05) is 0 Å². The van der Waals surface area contributed by atoms with E-state index < -0.39 is 0 Å². The summed E-state index contributed by atoms with van der Waals surface area (Å²) in [6.07, 6.45) is 3.56. The molecule has 0 aliphatic carbocycles.